The molecule has 134 valence electrons. The van der Waals surface area contributed by atoms with Gasteiger partial charge in [-0.05, 0) is 66.0 Å². The average molecular weight is 356 g/mol. The van der Waals surface area contributed by atoms with E-state index >= 15 is 0 Å². The molecule has 0 unspecified atom stereocenters. The van der Waals surface area contributed by atoms with E-state index in [1.54, 1.807) is 19.1 Å². The van der Waals surface area contributed by atoms with Crippen LogP contribution >= 0.6 is 0 Å². The fourth-order valence-corrected chi connectivity index (χ4v) is 3.05. The molecule has 27 heavy (non-hydrogen) atoms. The molecule has 1 heterocycles. The van der Waals surface area contributed by atoms with Crippen molar-refractivity contribution >= 4 is 28.1 Å². The molecule has 3 aromatic rings. The molecule has 0 saturated heterocycles. The predicted octanol–water partition coefficient (Wildman–Crippen LogP) is 6.39. The van der Waals surface area contributed by atoms with Crippen molar-refractivity contribution in [1.82, 2.24) is 9.97 Å². The van der Waals surface area contributed by atoms with Crippen molar-refractivity contribution < 1.29 is 4.39 Å². The van der Waals surface area contributed by atoms with E-state index in [9.17, 15) is 4.39 Å². The zero-order chi connectivity index (χ0) is 19.4. The highest BCUT2D eigenvalue weighted by Crippen LogP contribution is 2.34. The van der Waals surface area contributed by atoms with Crippen LogP contribution in [0.25, 0.3) is 28.1 Å². The monoisotopic (exact) mass is 356 g/mol. The van der Waals surface area contributed by atoms with Crippen LogP contribution in [0.2, 0.25) is 0 Å². The molecule has 2 nitrogen and oxygen atoms in total. The standard InChI is InChI=1S/C24H21FN2/c1-5-7-9-20(16(3)19-10-8-11-22(25)17(19)4)18-12-13-24-21(14-18)23(6-2)26-15-27-24/h5-15H,2-3H2,1,4H3/b7-5-,20-9+. The molecule has 0 atom stereocenters. The lowest BCUT2D eigenvalue weighted by Gasteiger charge is -2.15. The molecule has 0 aliphatic rings. The SMILES string of the molecule is C=Cc1ncnc2ccc(/C(=C/C=C\C)C(=C)c3cccc(F)c3C)cc12. The summed E-state index contributed by atoms with van der Waals surface area (Å²) >= 11 is 0. The minimum absolute atomic E-state index is 0.236. The van der Waals surface area contributed by atoms with Gasteiger partial charge in [0, 0.05) is 5.39 Å². The number of hydrogen-bond donors (Lipinski definition) is 0. The molecule has 0 spiro atoms. The lowest BCUT2D eigenvalue weighted by atomic mass is 9.90. The topological polar surface area (TPSA) is 25.8 Å². The van der Waals surface area contributed by atoms with Crippen LogP contribution < -0.4 is 0 Å². The molecule has 0 amide bonds. The van der Waals surface area contributed by atoms with Crippen molar-refractivity contribution in [2.24, 2.45) is 0 Å². The van der Waals surface area contributed by atoms with Crippen LogP contribution in [0.3, 0.4) is 0 Å². The van der Waals surface area contributed by atoms with Crippen molar-refractivity contribution in [3.05, 3.63) is 102 Å². The van der Waals surface area contributed by atoms with Crippen molar-refractivity contribution in [1.29, 1.82) is 0 Å². The summed E-state index contributed by atoms with van der Waals surface area (Å²) < 4.78 is 14.1. The second-order valence-electron chi connectivity index (χ2n) is 6.19. The molecule has 3 rings (SSSR count). The zero-order valence-corrected chi connectivity index (χ0v) is 15.5. The number of allylic oxidation sites excluding steroid dienone is 5. The lowest BCUT2D eigenvalue weighted by Crippen LogP contribution is -1.96. The molecule has 0 aliphatic heterocycles. The Morgan fingerprint density at radius 1 is 1.15 bits per heavy atom. The molecule has 3 heteroatoms. The molecule has 1 aromatic heterocycles. The summed E-state index contributed by atoms with van der Waals surface area (Å²) in [6, 6.07) is 11.0. The van der Waals surface area contributed by atoms with Crippen molar-refractivity contribution in [3.8, 4) is 0 Å². The maximum atomic E-state index is 14.1. The largest absolute Gasteiger partial charge is 0.236 e. The molecular formula is C24H21FN2. The summed E-state index contributed by atoms with van der Waals surface area (Å²) in [4.78, 5) is 8.60. The molecule has 2 aromatic carbocycles. The summed E-state index contributed by atoms with van der Waals surface area (Å²) in [5.41, 5.74) is 5.65. The second kappa shape index (κ2) is 7.92. The minimum atomic E-state index is -0.236. The van der Waals surface area contributed by atoms with Gasteiger partial charge < -0.3 is 0 Å². The van der Waals surface area contributed by atoms with E-state index in [4.69, 9.17) is 0 Å². The van der Waals surface area contributed by atoms with Crippen LogP contribution in [-0.4, -0.2) is 9.97 Å². The molecule has 0 aliphatic carbocycles. The summed E-state index contributed by atoms with van der Waals surface area (Å²) in [6.07, 6.45) is 9.14. The fourth-order valence-electron chi connectivity index (χ4n) is 3.05. The number of hydrogen-bond acceptors (Lipinski definition) is 2. The average Bonchev–Trinajstić information content (AvgIpc) is 2.69. The first kappa shape index (κ1) is 18.5. The predicted molar refractivity (Wildman–Crippen MR) is 113 cm³/mol. The van der Waals surface area contributed by atoms with Gasteiger partial charge in [0.2, 0.25) is 0 Å². The van der Waals surface area contributed by atoms with E-state index in [0.717, 1.165) is 38.9 Å². The van der Waals surface area contributed by atoms with Gasteiger partial charge in [0.1, 0.15) is 12.1 Å². The Hall–Kier alpha value is -3.33. The molecule has 0 N–H and O–H groups in total. The summed E-state index contributed by atoms with van der Waals surface area (Å²) in [5, 5.41) is 0.917. The zero-order valence-electron chi connectivity index (χ0n) is 15.5. The molecule has 0 saturated carbocycles. The van der Waals surface area contributed by atoms with E-state index in [-0.39, 0.29) is 5.82 Å². The number of benzene rings is 2. The number of fused-ring (bicyclic) bond motifs is 1. The van der Waals surface area contributed by atoms with Crippen LogP contribution in [0.1, 0.15) is 29.3 Å². The van der Waals surface area contributed by atoms with Crippen LogP contribution in [0.15, 0.2) is 74.1 Å². The Balaban J connectivity index is 2.19. The summed E-state index contributed by atoms with van der Waals surface area (Å²) in [5.74, 6) is -0.236. The van der Waals surface area contributed by atoms with Gasteiger partial charge in [0.05, 0.1) is 11.2 Å². The summed E-state index contributed by atoms with van der Waals surface area (Å²) in [6.45, 7) is 11.8. The third-order valence-electron chi connectivity index (χ3n) is 4.54. The lowest BCUT2D eigenvalue weighted by molar-refractivity contribution is 0.618. The van der Waals surface area contributed by atoms with E-state index in [1.807, 2.05) is 49.4 Å². The quantitative estimate of drug-likeness (QED) is 0.495. The molecule has 0 radical (unpaired) electrons. The van der Waals surface area contributed by atoms with E-state index in [2.05, 4.69) is 23.1 Å². The Morgan fingerprint density at radius 2 is 1.96 bits per heavy atom. The van der Waals surface area contributed by atoms with Crippen molar-refractivity contribution in [2.75, 3.05) is 0 Å². The highest BCUT2D eigenvalue weighted by Gasteiger charge is 2.13. The first-order chi connectivity index (χ1) is 13.1. The molecule has 0 fully saturated rings. The number of rotatable bonds is 5. The van der Waals surface area contributed by atoms with Gasteiger partial charge in [0.25, 0.3) is 0 Å². The van der Waals surface area contributed by atoms with Gasteiger partial charge in [-0.3, -0.25) is 0 Å². The van der Waals surface area contributed by atoms with Crippen LogP contribution in [0.4, 0.5) is 4.39 Å². The normalized spacial score (nSPS) is 11.9. The highest BCUT2D eigenvalue weighted by molar-refractivity contribution is 6.06. The second-order valence-corrected chi connectivity index (χ2v) is 6.19. The maximum Gasteiger partial charge on any atom is 0.126 e. The number of aromatic nitrogens is 2. The van der Waals surface area contributed by atoms with E-state index < -0.39 is 0 Å². The Kier molecular flexibility index (Phi) is 5.41. The molecular weight excluding hydrogens is 335 g/mol. The fraction of sp³-hybridized carbons (Fsp3) is 0.0833. The Labute approximate surface area is 159 Å². The van der Waals surface area contributed by atoms with E-state index in [0.29, 0.717) is 5.56 Å². The van der Waals surface area contributed by atoms with Gasteiger partial charge in [-0.25, -0.2) is 14.4 Å². The first-order valence-electron chi connectivity index (χ1n) is 8.72. The Bertz CT molecular complexity index is 1090. The van der Waals surface area contributed by atoms with Crippen molar-refractivity contribution in [2.45, 2.75) is 13.8 Å². The first-order valence-corrected chi connectivity index (χ1v) is 8.72. The van der Waals surface area contributed by atoms with Gasteiger partial charge in [-0.1, -0.05) is 49.6 Å². The number of halogens is 1. The maximum absolute atomic E-state index is 14.1. The van der Waals surface area contributed by atoms with Gasteiger partial charge >= 0.3 is 0 Å². The van der Waals surface area contributed by atoms with Crippen LogP contribution in [0, 0.1) is 12.7 Å². The van der Waals surface area contributed by atoms with Gasteiger partial charge in [0.15, 0.2) is 0 Å². The molecule has 0 bridgehead atoms. The third kappa shape index (κ3) is 3.63. The third-order valence-corrected chi connectivity index (χ3v) is 4.54. The van der Waals surface area contributed by atoms with Gasteiger partial charge in [-0.15, -0.1) is 0 Å². The summed E-state index contributed by atoms with van der Waals surface area (Å²) in [7, 11) is 0. The minimum Gasteiger partial charge on any atom is -0.236 e. The van der Waals surface area contributed by atoms with Crippen LogP contribution in [-0.2, 0) is 0 Å². The van der Waals surface area contributed by atoms with E-state index in [1.165, 1.54) is 12.4 Å². The van der Waals surface area contributed by atoms with Crippen molar-refractivity contribution in [3.63, 3.8) is 0 Å². The number of nitrogens with zero attached hydrogens (tertiary/aromatic N) is 2. The highest BCUT2D eigenvalue weighted by atomic mass is 19.1. The Morgan fingerprint density at radius 3 is 2.70 bits per heavy atom. The smallest absolute Gasteiger partial charge is 0.126 e. The van der Waals surface area contributed by atoms with Crippen LogP contribution in [0.5, 0.6) is 0 Å². The van der Waals surface area contributed by atoms with Gasteiger partial charge in [-0.2, -0.15) is 0 Å².